The molecule has 0 atom stereocenters. The molecule has 2 aromatic carbocycles. The third-order valence-corrected chi connectivity index (χ3v) is 3.71. The minimum absolute atomic E-state index is 0.0859. The predicted molar refractivity (Wildman–Crippen MR) is 89.0 cm³/mol. The third kappa shape index (κ3) is 4.35. The Morgan fingerprint density at radius 1 is 0.833 bits per heavy atom. The number of rotatable bonds is 8. The monoisotopic (exact) mass is 328 g/mol. The van der Waals surface area contributed by atoms with Crippen molar-refractivity contribution in [3.05, 3.63) is 71.3 Å². The molecule has 0 saturated heterocycles. The van der Waals surface area contributed by atoms with Crippen LogP contribution < -0.4 is 0 Å². The summed E-state index contributed by atoms with van der Waals surface area (Å²) >= 11 is 0. The van der Waals surface area contributed by atoms with Crippen LogP contribution >= 0.6 is 0 Å². The van der Waals surface area contributed by atoms with E-state index in [4.69, 9.17) is 14.2 Å². The first-order valence-electron chi connectivity index (χ1n) is 7.46. The Kier molecular flexibility index (Phi) is 5.98. The summed E-state index contributed by atoms with van der Waals surface area (Å²) in [7, 11) is 2.86. The fourth-order valence-electron chi connectivity index (χ4n) is 2.04. The minimum Gasteiger partial charge on any atom is -0.331 e. The second-order valence-electron chi connectivity index (χ2n) is 5.25. The maximum Gasteiger partial charge on any atom is 0.279 e. The number of carbonyl (C=O) groups is 2. The Morgan fingerprint density at radius 2 is 1.33 bits per heavy atom. The molecule has 0 aliphatic heterocycles. The van der Waals surface area contributed by atoms with Crippen LogP contribution in [0.25, 0.3) is 0 Å². The van der Waals surface area contributed by atoms with Gasteiger partial charge in [0.15, 0.2) is 11.6 Å². The molecule has 0 bridgehead atoms. The van der Waals surface area contributed by atoms with Gasteiger partial charge in [0.2, 0.25) is 0 Å². The zero-order valence-electron chi connectivity index (χ0n) is 13.9. The molecular weight excluding hydrogens is 308 g/mol. The highest BCUT2D eigenvalue weighted by Gasteiger charge is 2.25. The van der Waals surface area contributed by atoms with Gasteiger partial charge >= 0.3 is 0 Å². The second-order valence-corrected chi connectivity index (χ2v) is 5.25. The van der Waals surface area contributed by atoms with Crippen LogP contribution in [-0.2, 0) is 14.2 Å². The summed E-state index contributed by atoms with van der Waals surface area (Å²) in [5.74, 6) is -1.58. The summed E-state index contributed by atoms with van der Waals surface area (Å²) in [5, 5.41) is 0. The van der Waals surface area contributed by atoms with Crippen molar-refractivity contribution in [2.24, 2.45) is 0 Å². The van der Waals surface area contributed by atoms with Gasteiger partial charge in [-0.2, -0.15) is 0 Å². The maximum atomic E-state index is 12.3. The van der Waals surface area contributed by atoms with Crippen molar-refractivity contribution in [3.63, 3.8) is 0 Å². The van der Waals surface area contributed by atoms with Gasteiger partial charge in [0.1, 0.15) is 6.61 Å². The van der Waals surface area contributed by atoms with E-state index in [1.165, 1.54) is 14.2 Å². The van der Waals surface area contributed by atoms with Crippen molar-refractivity contribution in [1.82, 2.24) is 0 Å². The van der Waals surface area contributed by atoms with E-state index in [0.717, 1.165) is 0 Å². The third-order valence-electron chi connectivity index (χ3n) is 3.71. The van der Waals surface area contributed by atoms with Crippen LogP contribution in [0.2, 0.25) is 0 Å². The van der Waals surface area contributed by atoms with Crippen molar-refractivity contribution in [2.75, 3.05) is 20.8 Å². The molecule has 0 aromatic heterocycles. The van der Waals surface area contributed by atoms with Gasteiger partial charge in [-0.15, -0.1) is 0 Å². The molecular formula is C19H20O5. The number of hydrogen-bond donors (Lipinski definition) is 0. The lowest BCUT2D eigenvalue weighted by molar-refractivity contribution is -0.345. The van der Waals surface area contributed by atoms with Gasteiger partial charge in [-0.05, 0) is 0 Å². The smallest absolute Gasteiger partial charge is 0.279 e. The van der Waals surface area contributed by atoms with Crippen molar-refractivity contribution in [1.29, 1.82) is 0 Å². The Labute approximate surface area is 141 Å². The highest BCUT2D eigenvalue weighted by atomic mass is 16.9. The summed E-state index contributed by atoms with van der Waals surface area (Å²) < 4.78 is 15.4. The summed E-state index contributed by atoms with van der Waals surface area (Å²) in [4.78, 5) is 24.5. The summed E-state index contributed by atoms with van der Waals surface area (Å²) in [6.45, 7) is 1.38. The second kappa shape index (κ2) is 7.97. The molecule has 2 aromatic rings. The standard InChI is InChI=1S/C19H20O5/c1-19(22-2,23-3)24-13-17(20)14-9-11-16(12-10-14)18(21)15-7-5-4-6-8-15/h4-12H,13H2,1-3H3. The topological polar surface area (TPSA) is 61.8 Å². The molecule has 0 aliphatic carbocycles. The van der Waals surface area contributed by atoms with Crippen LogP contribution in [0.5, 0.6) is 0 Å². The van der Waals surface area contributed by atoms with Gasteiger partial charge < -0.3 is 14.2 Å². The Hall–Kier alpha value is -2.34. The molecule has 126 valence electrons. The summed E-state index contributed by atoms with van der Waals surface area (Å²) in [6.07, 6.45) is 0. The molecule has 0 unspecified atom stereocenters. The van der Waals surface area contributed by atoms with Crippen molar-refractivity contribution in [3.8, 4) is 0 Å². The maximum absolute atomic E-state index is 12.3. The van der Waals surface area contributed by atoms with Crippen LogP contribution in [0.1, 0.15) is 33.2 Å². The number of benzene rings is 2. The first kappa shape index (κ1) is 18.0. The molecule has 0 amide bonds. The number of ketones is 2. The van der Waals surface area contributed by atoms with Crippen LogP contribution in [0.3, 0.4) is 0 Å². The quantitative estimate of drug-likeness (QED) is 0.550. The Bertz CT molecular complexity index is 687. The molecule has 2 rings (SSSR count). The SMILES string of the molecule is COC(C)(OC)OCC(=O)c1ccc(C(=O)c2ccccc2)cc1. The minimum atomic E-state index is -1.27. The normalized spacial score (nSPS) is 11.3. The van der Waals surface area contributed by atoms with Gasteiger partial charge in [0, 0.05) is 37.8 Å². The predicted octanol–water partition coefficient (Wildman–Crippen LogP) is 3.08. The fraction of sp³-hybridized carbons (Fsp3) is 0.263. The molecule has 0 aliphatic rings. The van der Waals surface area contributed by atoms with Crippen molar-refractivity contribution < 1.29 is 23.8 Å². The van der Waals surface area contributed by atoms with E-state index < -0.39 is 5.97 Å². The average Bonchev–Trinajstić information content (AvgIpc) is 2.66. The van der Waals surface area contributed by atoms with Gasteiger partial charge in [0.25, 0.3) is 5.97 Å². The molecule has 5 nitrogen and oxygen atoms in total. The molecule has 0 spiro atoms. The highest BCUT2D eigenvalue weighted by Crippen LogP contribution is 2.14. The zero-order valence-corrected chi connectivity index (χ0v) is 13.9. The van der Waals surface area contributed by atoms with E-state index in [-0.39, 0.29) is 18.2 Å². The highest BCUT2D eigenvalue weighted by molar-refractivity contribution is 6.09. The molecule has 0 heterocycles. The molecule has 0 radical (unpaired) electrons. The van der Waals surface area contributed by atoms with E-state index in [2.05, 4.69) is 0 Å². The number of hydrogen-bond acceptors (Lipinski definition) is 5. The van der Waals surface area contributed by atoms with E-state index in [0.29, 0.717) is 16.7 Å². The lowest BCUT2D eigenvalue weighted by atomic mass is 10.0. The number of Topliss-reactive ketones (excluding diaryl/α,β-unsaturated/α-hetero) is 1. The lowest BCUT2D eigenvalue weighted by Gasteiger charge is -2.25. The van der Waals surface area contributed by atoms with Gasteiger partial charge in [-0.25, -0.2) is 0 Å². The van der Waals surface area contributed by atoms with Gasteiger partial charge in [0.05, 0.1) is 0 Å². The molecule has 0 fully saturated rings. The van der Waals surface area contributed by atoms with Gasteiger partial charge in [-0.1, -0.05) is 54.6 Å². The number of methoxy groups -OCH3 is 2. The largest absolute Gasteiger partial charge is 0.331 e. The molecule has 24 heavy (non-hydrogen) atoms. The Morgan fingerprint density at radius 3 is 1.88 bits per heavy atom. The fourth-order valence-corrected chi connectivity index (χ4v) is 2.04. The van der Waals surface area contributed by atoms with E-state index in [1.54, 1.807) is 43.3 Å². The number of carbonyl (C=O) groups excluding carboxylic acids is 2. The molecule has 5 heteroatoms. The first-order valence-corrected chi connectivity index (χ1v) is 7.46. The first-order chi connectivity index (χ1) is 11.5. The molecule has 0 saturated carbocycles. The van der Waals surface area contributed by atoms with Crippen LogP contribution in [0, 0.1) is 0 Å². The summed E-state index contributed by atoms with van der Waals surface area (Å²) in [5.41, 5.74) is 1.59. The molecule has 0 N–H and O–H groups in total. The van der Waals surface area contributed by atoms with Crippen LogP contribution in [0.15, 0.2) is 54.6 Å². The van der Waals surface area contributed by atoms with E-state index >= 15 is 0 Å². The Balaban J connectivity index is 2.04. The summed E-state index contributed by atoms with van der Waals surface area (Å²) in [6, 6.07) is 15.5. The zero-order chi connectivity index (χ0) is 17.6. The van der Waals surface area contributed by atoms with E-state index in [1.807, 2.05) is 18.2 Å². The van der Waals surface area contributed by atoms with Crippen molar-refractivity contribution >= 4 is 11.6 Å². The lowest BCUT2D eigenvalue weighted by Crippen LogP contribution is -2.35. The van der Waals surface area contributed by atoms with Crippen molar-refractivity contribution in [2.45, 2.75) is 12.9 Å². The average molecular weight is 328 g/mol. The van der Waals surface area contributed by atoms with Crippen LogP contribution in [0.4, 0.5) is 0 Å². The van der Waals surface area contributed by atoms with Crippen LogP contribution in [-0.4, -0.2) is 38.4 Å². The number of ether oxygens (including phenoxy) is 3. The van der Waals surface area contributed by atoms with E-state index in [9.17, 15) is 9.59 Å². The van der Waals surface area contributed by atoms with Gasteiger partial charge in [-0.3, -0.25) is 9.59 Å².